The van der Waals surface area contributed by atoms with Gasteiger partial charge in [-0.25, -0.2) is 13.8 Å². The summed E-state index contributed by atoms with van der Waals surface area (Å²) in [7, 11) is -1.88. The average Bonchev–Trinajstić information content (AvgIpc) is 2.95. The third-order valence-electron chi connectivity index (χ3n) is 5.44. The smallest absolute Gasteiger partial charge is 0.289 e. The third-order valence-corrected chi connectivity index (χ3v) is 7.25. The minimum absolute atomic E-state index is 0.0300. The van der Waals surface area contributed by atoms with E-state index in [1.807, 2.05) is 13.8 Å². The highest BCUT2D eigenvalue weighted by Gasteiger charge is 2.34. The van der Waals surface area contributed by atoms with Crippen molar-refractivity contribution < 1.29 is 32.3 Å². The molecule has 0 bridgehead atoms. The van der Waals surface area contributed by atoms with Crippen molar-refractivity contribution in [2.75, 3.05) is 31.7 Å². The highest BCUT2D eigenvalue weighted by Crippen LogP contribution is 2.37. The summed E-state index contributed by atoms with van der Waals surface area (Å²) in [5, 5.41) is 15.5. The Kier molecular flexibility index (Phi) is 10.0. The fourth-order valence-electron chi connectivity index (χ4n) is 3.49. The normalized spacial score (nSPS) is 11.3. The van der Waals surface area contributed by atoms with E-state index in [0.29, 0.717) is 29.6 Å². The van der Waals surface area contributed by atoms with E-state index in [-0.39, 0.29) is 11.4 Å². The Morgan fingerprint density at radius 2 is 1.73 bits per heavy atom. The first kappa shape index (κ1) is 29.9. The summed E-state index contributed by atoms with van der Waals surface area (Å²) in [6.45, 7) is 3.91. The number of nitro benzene ring substituents is 1. The Labute approximate surface area is 232 Å². The lowest BCUT2D eigenvalue weighted by Gasteiger charge is -2.25. The largest absolute Gasteiger partial charge is 0.497 e. The number of para-hydroxylation sites is 1. The van der Waals surface area contributed by atoms with Crippen LogP contribution in [-0.2, 0) is 14.8 Å². The minimum Gasteiger partial charge on any atom is -0.497 e. The quantitative estimate of drug-likeness (QED) is 0.184. The molecule has 0 atom stereocenters. The average molecular weight is 571 g/mol. The van der Waals surface area contributed by atoms with Crippen LogP contribution < -0.4 is 23.9 Å². The number of carbonyl (C=O) groups excluding carboxylic acids is 1. The summed E-state index contributed by atoms with van der Waals surface area (Å²) in [6.07, 6.45) is 1.39. The van der Waals surface area contributed by atoms with Gasteiger partial charge in [-0.15, -0.1) is 0 Å². The van der Waals surface area contributed by atoms with Crippen molar-refractivity contribution in [1.82, 2.24) is 5.43 Å². The molecule has 0 saturated heterocycles. The standard InChI is InChI=1S/C27H30N4O8S/c1-19(2)18-39-21-11-9-20(10-12-21)16-28-29-27(32)17-30(23-14-13-22(37-3)15-25(23)38-4)40(35,36)26-8-6-5-7-24(26)31(33)34/h5-16,19H,17-18H2,1-4H3,(H,29,32)/b28-16-. The molecule has 3 aromatic rings. The van der Waals surface area contributed by atoms with Crippen LogP contribution in [0.25, 0.3) is 0 Å². The lowest BCUT2D eigenvalue weighted by molar-refractivity contribution is -0.387. The molecule has 13 heteroatoms. The third kappa shape index (κ3) is 7.47. The predicted molar refractivity (Wildman–Crippen MR) is 150 cm³/mol. The van der Waals surface area contributed by atoms with Gasteiger partial charge in [0.2, 0.25) is 0 Å². The monoisotopic (exact) mass is 570 g/mol. The summed E-state index contributed by atoms with van der Waals surface area (Å²) >= 11 is 0. The number of ether oxygens (including phenoxy) is 3. The molecule has 0 fully saturated rings. The van der Waals surface area contributed by atoms with E-state index in [4.69, 9.17) is 14.2 Å². The number of rotatable bonds is 13. The van der Waals surface area contributed by atoms with E-state index >= 15 is 0 Å². The second-order valence-electron chi connectivity index (χ2n) is 8.84. The van der Waals surface area contributed by atoms with Gasteiger partial charge in [0.1, 0.15) is 23.8 Å². The molecule has 0 aliphatic rings. The Balaban J connectivity index is 1.89. The first-order chi connectivity index (χ1) is 19.1. The van der Waals surface area contributed by atoms with Crippen LogP contribution in [0.5, 0.6) is 17.2 Å². The van der Waals surface area contributed by atoms with Gasteiger partial charge in [0.15, 0.2) is 4.90 Å². The van der Waals surface area contributed by atoms with Crippen molar-refractivity contribution in [3.63, 3.8) is 0 Å². The fraction of sp³-hybridized carbons (Fsp3) is 0.259. The van der Waals surface area contributed by atoms with Gasteiger partial charge in [-0.1, -0.05) is 26.0 Å². The van der Waals surface area contributed by atoms with Crippen molar-refractivity contribution in [2.24, 2.45) is 11.0 Å². The molecular weight excluding hydrogens is 540 g/mol. The van der Waals surface area contributed by atoms with Gasteiger partial charge < -0.3 is 14.2 Å². The molecule has 0 unspecified atom stereocenters. The summed E-state index contributed by atoms with van der Waals surface area (Å²) < 4.78 is 44.4. The number of sulfonamides is 1. The van der Waals surface area contributed by atoms with Crippen LogP contribution in [0.15, 0.2) is 76.7 Å². The molecule has 1 amide bonds. The molecule has 3 rings (SSSR count). The number of benzene rings is 3. The number of nitro groups is 1. The maximum Gasteiger partial charge on any atom is 0.289 e. The summed E-state index contributed by atoms with van der Waals surface area (Å²) in [5.41, 5.74) is 2.30. The van der Waals surface area contributed by atoms with E-state index < -0.39 is 38.0 Å². The molecule has 0 aromatic heterocycles. The number of hydrazone groups is 1. The van der Waals surface area contributed by atoms with Crippen LogP contribution in [0.3, 0.4) is 0 Å². The molecule has 3 aromatic carbocycles. The molecule has 212 valence electrons. The van der Waals surface area contributed by atoms with Crippen molar-refractivity contribution in [2.45, 2.75) is 18.7 Å². The van der Waals surface area contributed by atoms with Crippen molar-refractivity contribution in [3.8, 4) is 17.2 Å². The molecule has 0 saturated carbocycles. The van der Waals surface area contributed by atoms with Gasteiger partial charge in [0.25, 0.3) is 21.6 Å². The fourth-order valence-corrected chi connectivity index (χ4v) is 5.08. The molecule has 0 heterocycles. The second-order valence-corrected chi connectivity index (χ2v) is 10.7. The van der Waals surface area contributed by atoms with E-state index in [0.717, 1.165) is 16.4 Å². The number of anilines is 1. The number of nitrogens with one attached hydrogen (secondary N) is 1. The molecule has 12 nitrogen and oxygen atoms in total. The maximum absolute atomic E-state index is 13.7. The molecule has 1 N–H and O–H groups in total. The van der Waals surface area contributed by atoms with E-state index in [9.17, 15) is 23.3 Å². The van der Waals surface area contributed by atoms with Crippen molar-refractivity contribution in [3.05, 3.63) is 82.4 Å². The molecule has 0 radical (unpaired) electrons. The number of amides is 1. The Morgan fingerprint density at radius 1 is 1.05 bits per heavy atom. The summed E-state index contributed by atoms with van der Waals surface area (Å²) in [4.78, 5) is 23.1. The Hall–Kier alpha value is -4.65. The van der Waals surface area contributed by atoms with Gasteiger partial charge in [0, 0.05) is 12.1 Å². The first-order valence-electron chi connectivity index (χ1n) is 12.1. The van der Waals surface area contributed by atoms with Crippen LogP contribution in [0.4, 0.5) is 11.4 Å². The van der Waals surface area contributed by atoms with Crippen LogP contribution in [-0.4, -0.2) is 52.8 Å². The summed E-state index contributed by atoms with van der Waals surface area (Å²) in [5.74, 6) is 0.717. The highest BCUT2D eigenvalue weighted by atomic mass is 32.2. The van der Waals surface area contributed by atoms with E-state index in [1.54, 1.807) is 24.3 Å². The Bertz CT molecular complexity index is 1470. The van der Waals surface area contributed by atoms with Crippen LogP contribution in [0.1, 0.15) is 19.4 Å². The van der Waals surface area contributed by atoms with Gasteiger partial charge in [0.05, 0.1) is 37.7 Å². The molecule has 0 aliphatic carbocycles. The van der Waals surface area contributed by atoms with Crippen molar-refractivity contribution in [1.29, 1.82) is 0 Å². The number of carbonyl (C=O) groups is 1. The summed E-state index contributed by atoms with van der Waals surface area (Å²) in [6, 6.07) is 16.2. The molecular formula is C27H30N4O8S. The minimum atomic E-state index is -4.63. The van der Waals surface area contributed by atoms with Gasteiger partial charge in [-0.3, -0.25) is 19.2 Å². The van der Waals surface area contributed by atoms with Gasteiger partial charge >= 0.3 is 0 Å². The topological polar surface area (TPSA) is 150 Å². The van der Waals surface area contributed by atoms with Crippen molar-refractivity contribution >= 4 is 33.5 Å². The van der Waals surface area contributed by atoms with Crippen LogP contribution in [0, 0.1) is 16.0 Å². The maximum atomic E-state index is 13.7. The van der Waals surface area contributed by atoms with Gasteiger partial charge in [-0.2, -0.15) is 5.10 Å². The van der Waals surface area contributed by atoms with Crippen LogP contribution >= 0.6 is 0 Å². The van der Waals surface area contributed by atoms with E-state index in [1.165, 1.54) is 50.8 Å². The first-order valence-corrected chi connectivity index (χ1v) is 13.5. The molecule has 40 heavy (non-hydrogen) atoms. The zero-order chi connectivity index (χ0) is 29.3. The molecule has 0 aliphatic heterocycles. The zero-order valence-corrected chi connectivity index (χ0v) is 23.3. The van der Waals surface area contributed by atoms with Gasteiger partial charge in [-0.05, 0) is 53.9 Å². The highest BCUT2D eigenvalue weighted by molar-refractivity contribution is 7.93. The number of nitrogens with zero attached hydrogens (tertiary/aromatic N) is 3. The number of hydrogen-bond donors (Lipinski definition) is 1. The Morgan fingerprint density at radius 3 is 2.35 bits per heavy atom. The number of methoxy groups -OCH3 is 2. The molecule has 0 spiro atoms. The zero-order valence-electron chi connectivity index (χ0n) is 22.4. The predicted octanol–water partition coefficient (Wildman–Crippen LogP) is 3.99. The lowest BCUT2D eigenvalue weighted by atomic mass is 10.2. The van der Waals surface area contributed by atoms with Crippen LogP contribution in [0.2, 0.25) is 0 Å². The SMILES string of the molecule is COc1ccc(N(CC(=O)N/N=C\c2ccc(OCC(C)C)cc2)S(=O)(=O)c2ccccc2[N+](=O)[O-])c(OC)c1. The number of hydrogen-bond acceptors (Lipinski definition) is 9. The lowest BCUT2D eigenvalue weighted by Crippen LogP contribution is -2.40. The second kappa shape index (κ2) is 13.4. The van der Waals surface area contributed by atoms with E-state index in [2.05, 4.69) is 10.5 Å².